The number of aromatic nitrogens is 3. The van der Waals surface area contributed by atoms with Crippen LogP contribution >= 0.6 is 0 Å². The highest BCUT2D eigenvalue weighted by atomic mass is 16.4. The third-order valence-corrected chi connectivity index (χ3v) is 6.39. The maximum Gasteiger partial charge on any atom is 0.326 e. The predicted octanol–water partition coefficient (Wildman–Crippen LogP) is -1.21. The fourth-order valence-corrected chi connectivity index (χ4v) is 4.18. The van der Waals surface area contributed by atoms with Crippen molar-refractivity contribution < 1.29 is 39.3 Å². The fraction of sp³-hybridized carbons (Fsp3) is 0.385. The molecule has 5 unspecified atom stereocenters. The van der Waals surface area contributed by atoms with Gasteiger partial charge in [0.2, 0.25) is 17.7 Å². The summed E-state index contributed by atoms with van der Waals surface area (Å²) < 4.78 is 0. The summed E-state index contributed by atoms with van der Waals surface area (Å²) in [5.41, 5.74) is 8.15. The van der Waals surface area contributed by atoms with Gasteiger partial charge >= 0.3 is 11.9 Å². The van der Waals surface area contributed by atoms with E-state index in [1.807, 2.05) is 24.3 Å². The first-order valence-electron chi connectivity index (χ1n) is 12.8. The molecule has 1 aromatic carbocycles. The van der Waals surface area contributed by atoms with Crippen molar-refractivity contribution in [3.63, 3.8) is 0 Å². The van der Waals surface area contributed by atoms with Crippen LogP contribution in [0, 0.1) is 0 Å². The summed E-state index contributed by atoms with van der Waals surface area (Å²) in [4.78, 5) is 71.4. The Morgan fingerprint density at radius 1 is 0.951 bits per heavy atom. The summed E-state index contributed by atoms with van der Waals surface area (Å²) in [5, 5.41) is 36.7. The first kappa shape index (κ1) is 30.8. The van der Waals surface area contributed by atoms with Crippen LogP contribution in [0.5, 0.6) is 0 Å². The molecule has 2 heterocycles. The van der Waals surface area contributed by atoms with E-state index in [-0.39, 0.29) is 19.3 Å². The molecular weight excluding hydrogens is 538 g/mol. The number of carboxylic acid groups (broad SMARTS) is 2. The van der Waals surface area contributed by atoms with Crippen LogP contribution in [0.3, 0.4) is 0 Å². The van der Waals surface area contributed by atoms with Crippen molar-refractivity contribution in [3.8, 4) is 0 Å². The van der Waals surface area contributed by atoms with Crippen molar-refractivity contribution in [3.05, 3.63) is 54.2 Å². The number of fused-ring (bicyclic) bond motifs is 1. The molecule has 15 heteroatoms. The molecule has 41 heavy (non-hydrogen) atoms. The van der Waals surface area contributed by atoms with Crippen molar-refractivity contribution >= 4 is 40.6 Å². The number of benzene rings is 1. The van der Waals surface area contributed by atoms with E-state index in [9.17, 15) is 34.2 Å². The number of rotatable bonds is 15. The number of nitrogens with two attached hydrogens (primary N) is 1. The zero-order chi connectivity index (χ0) is 30.1. The molecule has 0 aliphatic heterocycles. The summed E-state index contributed by atoms with van der Waals surface area (Å²) in [6.45, 7) is 1.21. The van der Waals surface area contributed by atoms with E-state index in [1.54, 1.807) is 6.20 Å². The molecule has 0 aliphatic rings. The molecule has 0 aliphatic carbocycles. The van der Waals surface area contributed by atoms with Crippen molar-refractivity contribution in [2.75, 3.05) is 0 Å². The van der Waals surface area contributed by atoms with Gasteiger partial charge in [-0.05, 0) is 31.4 Å². The molecule has 0 bridgehead atoms. The lowest BCUT2D eigenvalue weighted by Gasteiger charge is -2.26. The molecule has 0 spiro atoms. The second-order valence-electron chi connectivity index (χ2n) is 9.57. The van der Waals surface area contributed by atoms with E-state index < -0.39 is 66.4 Å². The topological polar surface area (TPSA) is 253 Å². The van der Waals surface area contributed by atoms with Gasteiger partial charge in [-0.25, -0.2) is 9.78 Å². The lowest BCUT2D eigenvalue weighted by molar-refractivity contribution is -0.143. The number of carbonyl (C=O) groups is 5. The van der Waals surface area contributed by atoms with Gasteiger partial charge in [0, 0.05) is 41.8 Å². The molecule has 220 valence electrons. The molecule has 5 atom stereocenters. The number of para-hydroxylation sites is 1. The highest BCUT2D eigenvalue weighted by molar-refractivity contribution is 5.95. The molecule has 0 fully saturated rings. The van der Waals surface area contributed by atoms with Crippen molar-refractivity contribution in [1.82, 2.24) is 30.9 Å². The molecule has 0 saturated carbocycles. The first-order valence-corrected chi connectivity index (χ1v) is 12.8. The van der Waals surface area contributed by atoms with Gasteiger partial charge in [-0.15, -0.1) is 0 Å². The highest BCUT2D eigenvalue weighted by Gasteiger charge is 2.33. The normalized spacial score (nSPS) is 14.8. The second kappa shape index (κ2) is 14.0. The molecule has 10 N–H and O–H groups in total. The van der Waals surface area contributed by atoms with Gasteiger partial charge in [-0.3, -0.25) is 19.2 Å². The van der Waals surface area contributed by atoms with Crippen LogP contribution in [-0.4, -0.2) is 90.2 Å². The van der Waals surface area contributed by atoms with Gasteiger partial charge in [0.25, 0.3) is 0 Å². The van der Waals surface area contributed by atoms with Crippen LogP contribution in [0.2, 0.25) is 0 Å². The van der Waals surface area contributed by atoms with Crippen LogP contribution in [0.1, 0.15) is 31.0 Å². The van der Waals surface area contributed by atoms with Crippen LogP contribution in [0.25, 0.3) is 10.9 Å². The number of aliphatic carboxylic acids is 2. The minimum atomic E-state index is -1.62. The minimum Gasteiger partial charge on any atom is -0.481 e. The molecule has 0 saturated heterocycles. The number of H-pyrrole nitrogens is 2. The molecule has 3 amide bonds. The average Bonchev–Trinajstić information content (AvgIpc) is 3.58. The SMILES string of the molecule is CC(O)C(NC(=O)C(CCC(=O)O)NC(=O)C(N)Cc1c[nH]c2ccccc12)C(=O)NC(Cc1cnc[nH]1)C(=O)O. The van der Waals surface area contributed by atoms with Gasteiger partial charge in [-0.1, -0.05) is 18.2 Å². The number of carbonyl (C=O) groups excluding carboxylic acids is 3. The third kappa shape index (κ3) is 8.61. The number of aliphatic hydroxyl groups is 1. The average molecular weight is 572 g/mol. The second-order valence-corrected chi connectivity index (χ2v) is 9.57. The summed E-state index contributed by atoms with van der Waals surface area (Å²) in [7, 11) is 0. The van der Waals surface area contributed by atoms with Crippen molar-refractivity contribution in [2.24, 2.45) is 5.73 Å². The molecule has 2 aromatic heterocycles. The standard InChI is InChI=1S/C26H33N7O8/c1-13(34)22(25(39)32-20(26(40)41)9-15-11-28-12-30-15)33-24(38)19(6-7-21(35)36)31-23(37)17(27)8-14-10-29-18-5-3-2-4-16(14)18/h2-5,10-13,17,19-20,22,29,34H,6-9,27H2,1H3,(H,28,30)(H,31,37)(H,32,39)(H,33,38)(H,35,36)(H,40,41). The van der Waals surface area contributed by atoms with Gasteiger partial charge in [0.1, 0.15) is 18.1 Å². The monoisotopic (exact) mass is 571 g/mol. The Hall–Kier alpha value is -4.76. The Labute approximate surface area is 233 Å². The van der Waals surface area contributed by atoms with Gasteiger partial charge in [-0.2, -0.15) is 0 Å². The number of hydrogen-bond acceptors (Lipinski definition) is 8. The molecule has 0 radical (unpaired) electrons. The molecule has 15 nitrogen and oxygen atoms in total. The highest BCUT2D eigenvalue weighted by Crippen LogP contribution is 2.19. The van der Waals surface area contributed by atoms with Gasteiger partial charge in [0.05, 0.1) is 18.5 Å². The quantitative estimate of drug-likeness (QED) is 0.105. The smallest absolute Gasteiger partial charge is 0.326 e. The number of hydrogen-bond donors (Lipinski definition) is 9. The fourth-order valence-electron chi connectivity index (χ4n) is 4.18. The minimum absolute atomic E-state index is 0.120. The number of carboxylic acids is 2. The van der Waals surface area contributed by atoms with Gasteiger partial charge < -0.3 is 47.0 Å². The Balaban J connectivity index is 1.69. The van der Waals surface area contributed by atoms with E-state index in [0.717, 1.165) is 16.5 Å². The van der Waals surface area contributed by atoms with Crippen LogP contribution in [-0.2, 0) is 36.8 Å². The molecule has 3 rings (SSSR count). The van der Waals surface area contributed by atoms with Crippen LogP contribution < -0.4 is 21.7 Å². The predicted molar refractivity (Wildman–Crippen MR) is 144 cm³/mol. The zero-order valence-electron chi connectivity index (χ0n) is 22.2. The zero-order valence-corrected chi connectivity index (χ0v) is 22.2. The number of aromatic amines is 2. The van der Waals surface area contributed by atoms with Crippen molar-refractivity contribution in [1.29, 1.82) is 0 Å². The lowest BCUT2D eigenvalue weighted by Crippen LogP contribution is -2.60. The summed E-state index contributed by atoms with van der Waals surface area (Å²) in [6.07, 6.45) is 2.12. The Morgan fingerprint density at radius 3 is 2.29 bits per heavy atom. The van der Waals surface area contributed by atoms with E-state index in [0.29, 0.717) is 5.69 Å². The maximum atomic E-state index is 13.1. The van der Waals surface area contributed by atoms with E-state index in [1.165, 1.54) is 19.4 Å². The number of nitrogens with one attached hydrogen (secondary N) is 5. The first-order chi connectivity index (χ1) is 19.5. The maximum absolute atomic E-state index is 13.1. The van der Waals surface area contributed by atoms with E-state index in [2.05, 4.69) is 30.9 Å². The number of imidazole rings is 1. The molecular formula is C26H33N7O8. The summed E-state index contributed by atoms with van der Waals surface area (Å²) >= 11 is 0. The van der Waals surface area contributed by atoms with Crippen molar-refractivity contribution in [2.45, 2.75) is 62.9 Å². The Morgan fingerprint density at radius 2 is 1.66 bits per heavy atom. The number of aliphatic hydroxyl groups excluding tert-OH is 1. The molecule has 3 aromatic rings. The largest absolute Gasteiger partial charge is 0.481 e. The van der Waals surface area contributed by atoms with Crippen LogP contribution in [0.15, 0.2) is 43.0 Å². The summed E-state index contributed by atoms with van der Waals surface area (Å²) in [6, 6.07) is 1.87. The van der Waals surface area contributed by atoms with E-state index in [4.69, 9.17) is 10.8 Å². The van der Waals surface area contributed by atoms with Gasteiger partial charge in [0.15, 0.2) is 0 Å². The Bertz CT molecular complexity index is 1370. The third-order valence-electron chi connectivity index (χ3n) is 6.39. The van der Waals surface area contributed by atoms with Crippen LogP contribution in [0.4, 0.5) is 0 Å². The van der Waals surface area contributed by atoms with E-state index >= 15 is 0 Å². The number of amides is 3. The summed E-state index contributed by atoms with van der Waals surface area (Å²) in [5.74, 6) is -5.28. The number of nitrogens with zero attached hydrogens (tertiary/aromatic N) is 1. The lowest BCUT2D eigenvalue weighted by atomic mass is 10.0. The Kier molecular flexibility index (Phi) is 10.5.